The van der Waals surface area contributed by atoms with E-state index in [4.69, 9.17) is 23.7 Å². The molecule has 0 saturated carbocycles. The molecule has 0 aromatic carbocycles. The summed E-state index contributed by atoms with van der Waals surface area (Å²) in [7, 11) is 3.12. The van der Waals surface area contributed by atoms with Crippen molar-refractivity contribution in [3.05, 3.63) is 0 Å². The lowest BCUT2D eigenvalue weighted by molar-refractivity contribution is -0.463. The molecule has 2 heterocycles. The Balaban J connectivity index is 1.65. The van der Waals surface area contributed by atoms with Gasteiger partial charge in [0.05, 0.1) is 6.61 Å². The maximum atomic E-state index is 10.8. The Morgan fingerprint density at radius 3 is 1.97 bits per heavy atom. The van der Waals surface area contributed by atoms with E-state index in [0.717, 1.165) is 12.2 Å². The van der Waals surface area contributed by atoms with Gasteiger partial charge in [0.1, 0.15) is 23.7 Å². The first-order chi connectivity index (χ1) is 14.4. The lowest BCUT2D eigenvalue weighted by atomic mass is 9.99. The second-order valence-electron chi connectivity index (χ2n) is 8.78. The van der Waals surface area contributed by atoms with Crippen LogP contribution < -0.4 is 0 Å². The van der Waals surface area contributed by atoms with Crippen molar-refractivity contribution in [1.29, 1.82) is 0 Å². The molecular formula is C23H44O6S. The Hall–Kier alpha value is 0.110. The van der Waals surface area contributed by atoms with Crippen LogP contribution in [0.2, 0.25) is 0 Å². The third-order valence-electron chi connectivity index (χ3n) is 6.53. The molecule has 30 heavy (non-hydrogen) atoms. The van der Waals surface area contributed by atoms with Crippen LogP contribution in [0.4, 0.5) is 0 Å². The molecule has 0 radical (unpaired) electrons. The molecule has 178 valence electrons. The highest BCUT2D eigenvalue weighted by atomic mass is 32.2. The average molecular weight is 449 g/mol. The molecule has 2 aliphatic heterocycles. The molecule has 2 rings (SSSR count). The second-order valence-corrected chi connectivity index (χ2v) is 9.99. The summed E-state index contributed by atoms with van der Waals surface area (Å²) in [5.41, 5.74) is -0.304. The molecule has 0 aromatic rings. The molecule has 2 aliphatic rings. The molecule has 0 aromatic heterocycles. The van der Waals surface area contributed by atoms with Gasteiger partial charge in [-0.05, 0) is 26.0 Å². The van der Waals surface area contributed by atoms with Crippen LogP contribution in [-0.4, -0.2) is 67.0 Å². The van der Waals surface area contributed by atoms with Gasteiger partial charge in [0.2, 0.25) is 11.6 Å². The van der Waals surface area contributed by atoms with E-state index in [2.05, 4.69) is 6.92 Å². The molecule has 0 spiro atoms. The summed E-state index contributed by atoms with van der Waals surface area (Å²) in [6, 6.07) is 0. The van der Waals surface area contributed by atoms with Gasteiger partial charge >= 0.3 is 0 Å². The first-order valence-corrected chi connectivity index (χ1v) is 12.8. The highest BCUT2D eigenvalue weighted by molar-refractivity contribution is 7.99. The van der Waals surface area contributed by atoms with Crippen molar-refractivity contribution in [3.8, 4) is 0 Å². The minimum atomic E-state index is -1.10. The zero-order valence-electron chi connectivity index (χ0n) is 19.7. The summed E-state index contributed by atoms with van der Waals surface area (Å²) in [6.07, 6.45) is 11.6. The average Bonchev–Trinajstić information content (AvgIpc) is 2.75. The highest BCUT2D eigenvalue weighted by Gasteiger charge is 2.60. The monoisotopic (exact) mass is 448 g/mol. The number of rotatable bonds is 14. The van der Waals surface area contributed by atoms with Crippen molar-refractivity contribution in [2.75, 3.05) is 26.6 Å². The van der Waals surface area contributed by atoms with Crippen LogP contribution >= 0.6 is 11.8 Å². The number of aliphatic hydroxyl groups is 1. The fourth-order valence-corrected chi connectivity index (χ4v) is 5.30. The van der Waals surface area contributed by atoms with Gasteiger partial charge in [0.25, 0.3) is 0 Å². The van der Waals surface area contributed by atoms with E-state index in [1.807, 2.05) is 0 Å². The standard InChI is InChI=1S/C23H44O6S/c1-6-7-8-9-10-11-12-13-14-15-16-30-21-19(24)20-18(17-27-21)28-22(2,25-4)23(3,26-5)29-20/h18-21,24H,6-17H2,1-5H3/t18-,19-,20+,21-,22?,23?/m1/s1. The molecule has 6 atom stereocenters. The van der Waals surface area contributed by atoms with E-state index in [1.165, 1.54) is 57.8 Å². The van der Waals surface area contributed by atoms with Gasteiger partial charge in [-0.2, -0.15) is 0 Å². The van der Waals surface area contributed by atoms with Crippen molar-refractivity contribution in [2.24, 2.45) is 0 Å². The molecule has 6 nitrogen and oxygen atoms in total. The summed E-state index contributed by atoms with van der Waals surface area (Å²) in [6.45, 7) is 6.19. The number of aliphatic hydroxyl groups excluding tert-OH is 1. The Morgan fingerprint density at radius 1 is 0.867 bits per heavy atom. The number of fused-ring (bicyclic) bond motifs is 1. The normalized spacial score (nSPS) is 36.6. The lowest BCUT2D eigenvalue weighted by Crippen LogP contribution is -2.70. The van der Waals surface area contributed by atoms with E-state index in [9.17, 15) is 5.11 Å². The van der Waals surface area contributed by atoms with Crippen molar-refractivity contribution in [3.63, 3.8) is 0 Å². The SMILES string of the molecule is CCCCCCCCCCCCS[C@H]1OC[C@H]2OC(C)(OC)C(C)(OC)O[C@@H]2[C@H]1O. The number of methoxy groups -OCH3 is 2. The first-order valence-electron chi connectivity index (χ1n) is 11.8. The Kier molecular flexibility index (Phi) is 11.4. The number of hydrogen-bond acceptors (Lipinski definition) is 7. The minimum Gasteiger partial charge on any atom is -0.387 e. The maximum absolute atomic E-state index is 10.8. The highest BCUT2D eigenvalue weighted by Crippen LogP contribution is 2.43. The first kappa shape index (κ1) is 26.4. The molecule has 1 N–H and O–H groups in total. The minimum absolute atomic E-state index is 0.304. The second kappa shape index (κ2) is 13.0. The number of ether oxygens (including phenoxy) is 5. The quantitative estimate of drug-likeness (QED) is 0.380. The Labute approximate surface area is 187 Å². The van der Waals surface area contributed by atoms with Gasteiger partial charge in [0.15, 0.2) is 0 Å². The molecule has 0 aliphatic carbocycles. The lowest BCUT2D eigenvalue weighted by Gasteiger charge is -2.54. The fourth-order valence-electron chi connectivity index (χ4n) is 4.17. The number of unbranched alkanes of at least 4 members (excludes halogenated alkanes) is 9. The van der Waals surface area contributed by atoms with E-state index >= 15 is 0 Å². The smallest absolute Gasteiger partial charge is 0.220 e. The summed E-state index contributed by atoms with van der Waals surface area (Å²) in [5.74, 6) is -1.19. The van der Waals surface area contributed by atoms with E-state index in [0.29, 0.717) is 6.61 Å². The molecule has 2 unspecified atom stereocenters. The molecule has 0 amide bonds. The topological polar surface area (TPSA) is 66.4 Å². The summed E-state index contributed by atoms with van der Waals surface area (Å²) >= 11 is 1.67. The van der Waals surface area contributed by atoms with Crippen LogP contribution in [0.25, 0.3) is 0 Å². The third-order valence-corrected chi connectivity index (χ3v) is 7.80. The molecule has 7 heteroatoms. The van der Waals surface area contributed by atoms with E-state index < -0.39 is 23.8 Å². The Morgan fingerprint density at radius 2 is 1.40 bits per heavy atom. The fraction of sp³-hybridized carbons (Fsp3) is 1.00. The molecule has 2 fully saturated rings. The zero-order chi connectivity index (χ0) is 22.0. The maximum Gasteiger partial charge on any atom is 0.220 e. The van der Waals surface area contributed by atoms with Gasteiger partial charge in [-0.1, -0.05) is 64.7 Å². The predicted molar refractivity (Wildman–Crippen MR) is 121 cm³/mol. The third kappa shape index (κ3) is 6.80. The van der Waals surface area contributed by atoms with Gasteiger partial charge in [-0.3, -0.25) is 0 Å². The number of hydrogen-bond donors (Lipinski definition) is 1. The van der Waals surface area contributed by atoms with Gasteiger partial charge in [-0.25, -0.2) is 0 Å². The van der Waals surface area contributed by atoms with Crippen LogP contribution in [0.5, 0.6) is 0 Å². The summed E-state index contributed by atoms with van der Waals surface area (Å²) in [5, 5.41) is 10.8. The molecular weight excluding hydrogens is 404 g/mol. The van der Waals surface area contributed by atoms with E-state index in [1.54, 1.807) is 39.8 Å². The summed E-state index contributed by atoms with van der Waals surface area (Å²) in [4.78, 5) is 0. The van der Waals surface area contributed by atoms with Crippen molar-refractivity contribution >= 4 is 11.8 Å². The van der Waals surface area contributed by atoms with Crippen molar-refractivity contribution in [1.82, 2.24) is 0 Å². The molecule has 0 bridgehead atoms. The van der Waals surface area contributed by atoms with Crippen molar-refractivity contribution in [2.45, 2.75) is 120 Å². The van der Waals surface area contributed by atoms with Gasteiger partial charge in [0, 0.05) is 14.2 Å². The molecule has 2 saturated heterocycles. The number of thioether (sulfide) groups is 1. The predicted octanol–water partition coefficient (Wildman–Crippen LogP) is 4.87. The Bertz CT molecular complexity index is 481. The van der Waals surface area contributed by atoms with Crippen LogP contribution in [0.1, 0.15) is 85.0 Å². The van der Waals surface area contributed by atoms with E-state index in [-0.39, 0.29) is 11.5 Å². The van der Waals surface area contributed by atoms with Crippen molar-refractivity contribution < 1.29 is 28.8 Å². The summed E-state index contributed by atoms with van der Waals surface area (Å²) < 4.78 is 29.3. The van der Waals surface area contributed by atoms with Crippen LogP contribution in [0, 0.1) is 0 Å². The van der Waals surface area contributed by atoms with Crippen LogP contribution in [0.3, 0.4) is 0 Å². The van der Waals surface area contributed by atoms with Gasteiger partial charge < -0.3 is 28.8 Å². The zero-order valence-corrected chi connectivity index (χ0v) is 20.5. The van der Waals surface area contributed by atoms with Crippen LogP contribution in [0.15, 0.2) is 0 Å². The van der Waals surface area contributed by atoms with Crippen LogP contribution in [-0.2, 0) is 23.7 Å². The van der Waals surface area contributed by atoms with Gasteiger partial charge in [-0.15, -0.1) is 11.8 Å². The largest absolute Gasteiger partial charge is 0.387 e.